The average molecular weight is 425 g/mol. The van der Waals surface area contributed by atoms with E-state index in [1.54, 1.807) is 6.08 Å². The maximum atomic E-state index is 12.5. The van der Waals surface area contributed by atoms with Gasteiger partial charge >= 0.3 is 5.97 Å². The largest absolute Gasteiger partial charge is 0.480 e. The lowest BCUT2D eigenvalue weighted by molar-refractivity contribution is -0.142. The summed E-state index contributed by atoms with van der Waals surface area (Å²) in [6, 6.07) is 8.51. The van der Waals surface area contributed by atoms with E-state index in [0.29, 0.717) is 21.4 Å². The quantitative estimate of drug-likeness (QED) is 0.465. The lowest BCUT2D eigenvalue weighted by Crippen LogP contribution is -2.42. The molecule has 0 spiro atoms. The molecule has 1 atom stereocenters. The van der Waals surface area contributed by atoms with E-state index in [0.717, 1.165) is 5.56 Å². The Morgan fingerprint density at radius 1 is 1.37 bits per heavy atom. The summed E-state index contributed by atoms with van der Waals surface area (Å²) >= 11 is 7.96. The Labute approximate surface area is 171 Å². The van der Waals surface area contributed by atoms with Gasteiger partial charge in [0.25, 0.3) is 5.91 Å². The lowest BCUT2D eigenvalue weighted by atomic mass is 10.2. The highest BCUT2D eigenvalue weighted by atomic mass is 32.2. The standard InChI is InChI=1S/C18H20N2O4S3/c1-26-10-8-13(17(23)24)19-15(21)7-9-20-16(22)14(27-18(20)25)11-12-5-3-2-4-6-12/h2-6,11,13H,7-10H2,1H3,(H,19,21)(H,23,24). The average Bonchev–Trinajstić information content (AvgIpc) is 2.90. The van der Waals surface area contributed by atoms with Gasteiger partial charge in [-0.25, -0.2) is 4.79 Å². The third-order valence-corrected chi connectivity index (χ3v) is 5.80. The van der Waals surface area contributed by atoms with Gasteiger partial charge in [0.05, 0.1) is 4.91 Å². The third-order valence-electron chi connectivity index (χ3n) is 3.78. The fourth-order valence-corrected chi connectivity index (χ4v) is 4.15. The number of benzene rings is 1. The number of thiocarbonyl (C=S) groups is 1. The maximum Gasteiger partial charge on any atom is 0.326 e. The number of nitrogens with zero attached hydrogens (tertiary/aromatic N) is 1. The van der Waals surface area contributed by atoms with Crippen LogP contribution in [0.5, 0.6) is 0 Å². The molecule has 0 aromatic heterocycles. The predicted molar refractivity (Wildman–Crippen MR) is 114 cm³/mol. The number of carbonyl (C=O) groups is 3. The second kappa shape index (κ2) is 10.5. The number of carbonyl (C=O) groups excluding carboxylic acids is 2. The number of rotatable bonds is 9. The Morgan fingerprint density at radius 3 is 2.70 bits per heavy atom. The van der Waals surface area contributed by atoms with Crippen molar-refractivity contribution in [2.75, 3.05) is 18.6 Å². The SMILES string of the molecule is CSCCC(NC(=O)CCN1C(=O)C(=Cc2ccccc2)SC1=S)C(=O)O. The first-order chi connectivity index (χ1) is 12.9. The molecule has 9 heteroatoms. The van der Waals surface area contributed by atoms with E-state index in [1.807, 2.05) is 36.6 Å². The van der Waals surface area contributed by atoms with Crippen LogP contribution < -0.4 is 5.32 Å². The van der Waals surface area contributed by atoms with Crippen LogP contribution in [0, 0.1) is 0 Å². The molecule has 1 saturated heterocycles. The molecule has 1 heterocycles. The van der Waals surface area contributed by atoms with Crippen LogP contribution in [0.3, 0.4) is 0 Å². The molecule has 1 aliphatic heterocycles. The summed E-state index contributed by atoms with van der Waals surface area (Å²) in [5, 5.41) is 11.7. The minimum atomic E-state index is -1.06. The first-order valence-electron chi connectivity index (χ1n) is 8.24. The smallest absolute Gasteiger partial charge is 0.326 e. The Kier molecular flexibility index (Phi) is 8.33. The molecule has 0 radical (unpaired) electrons. The second-order valence-electron chi connectivity index (χ2n) is 5.73. The molecule has 1 aromatic rings. The Hall–Kier alpha value is -1.84. The molecule has 1 fully saturated rings. The highest BCUT2D eigenvalue weighted by Crippen LogP contribution is 2.32. The zero-order valence-corrected chi connectivity index (χ0v) is 17.2. The van der Waals surface area contributed by atoms with Gasteiger partial charge in [-0.15, -0.1) is 0 Å². The van der Waals surface area contributed by atoms with Gasteiger partial charge in [-0.3, -0.25) is 14.5 Å². The van der Waals surface area contributed by atoms with Gasteiger partial charge in [-0.05, 0) is 30.1 Å². The molecular weight excluding hydrogens is 404 g/mol. The van der Waals surface area contributed by atoms with Crippen LogP contribution in [0.25, 0.3) is 6.08 Å². The van der Waals surface area contributed by atoms with E-state index in [2.05, 4.69) is 5.32 Å². The molecule has 1 unspecified atom stereocenters. The normalized spacial score (nSPS) is 16.6. The molecule has 27 heavy (non-hydrogen) atoms. The monoisotopic (exact) mass is 424 g/mol. The molecule has 1 aromatic carbocycles. The number of thioether (sulfide) groups is 2. The molecule has 0 bridgehead atoms. The molecule has 144 valence electrons. The summed E-state index contributed by atoms with van der Waals surface area (Å²) in [6.07, 6.45) is 3.98. The van der Waals surface area contributed by atoms with Crippen molar-refractivity contribution in [3.8, 4) is 0 Å². The summed E-state index contributed by atoms with van der Waals surface area (Å²) in [7, 11) is 0. The number of hydrogen-bond acceptors (Lipinski definition) is 6. The van der Waals surface area contributed by atoms with Crippen molar-refractivity contribution in [2.24, 2.45) is 0 Å². The van der Waals surface area contributed by atoms with Gasteiger partial charge in [-0.1, -0.05) is 54.3 Å². The van der Waals surface area contributed by atoms with E-state index in [4.69, 9.17) is 17.3 Å². The van der Waals surface area contributed by atoms with Crippen molar-refractivity contribution in [1.82, 2.24) is 10.2 Å². The van der Waals surface area contributed by atoms with E-state index in [9.17, 15) is 14.4 Å². The van der Waals surface area contributed by atoms with Gasteiger partial charge in [-0.2, -0.15) is 11.8 Å². The van der Waals surface area contributed by atoms with Crippen LogP contribution >= 0.6 is 35.7 Å². The van der Waals surface area contributed by atoms with Gasteiger partial charge in [0, 0.05) is 13.0 Å². The summed E-state index contributed by atoms with van der Waals surface area (Å²) in [4.78, 5) is 37.7. The van der Waals surface area contributed by atoms with Crippen LogP contribution in [-0.4, -0.2) is 56.7 Å². The highest BCUT2D eigenvalue weighted by Gasteiger charge is 2.32. The first-order valence-corrected chi connectivity index (χ1v) is 10.9. The summed E-state index contributed by atoms with van der Waals surface area (Å²) in [6.45, 7) is 0.123. The molecular formula is C18H20N2O4S3. The maximum absolute atomic E-state index is 12.5. The Morgan fingerprint density at radius 2 is 2.07 bits per heavy atom. The van der Waals surface area contributed by atoms with Gasteiger partial charge < -0.3 is 10.4 Å². The molecule has 2 amide bonds. The van der Waals surface area contributed by atoms with Crippen molar-refractivity contribution in [3.05, 3.63) is 40.8 Å². The van der Waals surface area contributed by atoms with E-state index in [-0.39, 0.29) is 18.9 Å². The highest BCUT2D eigenvalue weighted by molar-refractivity contribution is 8.26. The fraction of sp³-hybridized carbons (Fsp3) is 0.333. The van der Waals surface area contributed by atoms with Gasteiger partial charge in [0.15, 0.2) is 0 Å². The van der Waals surface area contributed by atoms with E-state index >= 15 is 0 Å². The minimum Gasteiger partial charge on any atom is -0.480 e. The number of carboxylic acid groups (broad SMARTS) is 1. The third kappa shape index (κ3) is 6.37. The zero-order valence-electron chi connectivity index (χ0n) is 14.7. The number of aliphatic carboxylic acids is 1. The van der Waals surface area contributed by atoms with E-state index < -0.39 is 17.9 Å². The number of carboxylic acids is 1. The Balaban J connectivity index is 1.92. The number of amides is 2. The number of hydrogen-bond donors (Lipinski definition) is 2. The van der Waals surface area contributed by atoms with Crippen molar-refractivity contribution in [2.45, 2.75) is 18.9 Å². The fourth-order valence-electron chi connectivity index (χ4n) is 2.37. The van der Waals surface area contributed by atoms with Gasteiger partial charge in [0.1, 0.15) is 10.4 Å². The van der Waals surface area contributed by atoms with Crippen LogP contribution in [0.4, 0.5) is 0 Å². The Bertz CT molecular complexity index is 752. The predicted octanol–water partition coefficient (Wildman–Crippen LogP) is 2.60. The zero-order chi connectivity index (χ0) is 19.8. The topological polar surface area (TPSA) is 86.7 Å². The molecule has 2 N–H and O–H groups in total. The van der Waals surface area contributed by atoms with Crippen molar-refractivity contribution in [3.63, 3.8) is 0 Å². The second-order valence-corrected chi connectivity index (χ2v) is 8.40. The van der Waals surface area contributed by atoms with Crippen molar-refractivity contribution in [1.29, 1.82) is 0 Å². The minimum absolute atomic E-state index is 0.00585. The summed E-state index contributed by atoms with van der Waals surface area (Å²) < 4.78 is 0.396. The van der Waals surface area contributed by atoms with Crippen LogP contribution in [0.1, 0.15) is 18.4 Å². The molecule has 0 aliphatic carbocycles. The molecule has 2 rings (SSSR count). The van der Waals surface area contributed by atoms with Crippen molar-refractivity contribution >= 4 is 63.9 Å². The summed E-state index contributed by atoms with van der Waals surface area (Å²) in [5.41, 5.74) is 0.897. The van der Waals surface area contributed by atoms with Crippen molar-refractivity contribution < 1.29 is 19.5 Å². The molecule has 0 saturated carbocycles. The number of nitrogens with one attached hydrogen (secondary N) is 1. The van der Waals surface area contributed by atoms with Crippen LogP contribution in [0.15, 0.2) is 35.2 Å². The first kappa shape index (κ1) is 21.5. The van der Waals surface area contributed by atoms with Crippen LogP contribution in [-0.2, 0) is 14.4 Å². The molecule has 6 nitrogen and oxygen atoms in total. The lowest BCUT2D eigenvalue weighted by Gasteiger charge is -2.17. The van der Waals surface area contributed by atoms with Gasteiger partial charge in [0.2, 0.25) is 5.91 Å². The molecule has 1 aliphatic rings. The van der Waals surface area contributed by atoms with E-state index in [1.165, 1.54) is 28.4 Å². The van der Waals surface area contributed by atoms with Crippen LogP contribution in [0.2, 0.25) is 0 Å². The summed E-state index contributed by atoms with van der Waals surface area (Å²) in [5.74, 6) is -1.08.